The van der Waals surface area contributed by atoms with Crippen LogP contribution in [0.2, 0.25) is 0 Å². The lowest BCUT2D eigenvalue weighted by atomic mass is 9.65. The van der Waals surface area contributed by atoms with Crippen LogP contribution in [0.15, 0.2) is 0 Å². The molecular weight excluding hydrogens is 422 g/mol. The molecule has 0 unspecified atom stereocenters. The van der Waals surface area contributed by atoms with Crippen molar-refractivity contribution >= 4 is 23.8 Å². The van der Waals surface area contributed by atoms with E-state index in [0.717, 1.165) is 37.1 Å². The Morgan fingerprint density at radius 1 is 1.06 bits per heavy atom. The van der Waals surface area contributed by atoms with Crippen LogP contribution in [0.3, 0.4) is 0 Å². The van der Waals surface area contributed by atoms with Crippen LogP contribution in [-0.4, -0.2) is 102 Å². The summed E-state index contributed by atoms with van der Waals surface area (Å²) in [5.41, 5.74) is -0.624. The zero-order valence-electron chi connectivity index (χ0n) is 21.0. The van der Waals surface area contributed by atoms with Gasteiger partial charge in [0.2, 0.25) is 11.8 Å². The summed E-state index contributed by atoms with van der Waals surface area (Å²) in [6.07, 6.45) is 4.92. The Labute approximate surface area is 197 Å². The van der Waals surface area contributed by atoms with Crippen LogP contribution in [0, 0.1) is 11.3 Å². The monoisotopic (exact) mass is 463 g/mol. The fourth-order valence-corrected chi connectivity index (χ4v) is 5.29. The molecule has 0 aromatic heterocycles. The molecule has 0 radical (unpaired) electrons. The minimum atomic E-state index is -0.847. The molecular formula is C24H41N5O4. The normalized spacial score (nSPS) is 27.0. The second-order valence-corrected chi connectivity index (χ2v) is 10.8. The van der Waals surface area contributed by atoms with Crippen molar-refractivity contribution in [3.8, 4) is 0 Å². The van der Waals surface area contributed by atoms with Crippen molar-refractivity contribution in [3.63, 3.8) is 0 Å². The van der Waals surface area contributed by atoms with Crippen molar-refractivity contribution in [3.05, 3.63) is 0 Å². The fraction of sp³-hybridized carbons (Fsp3) is 0.833. The molecule has 1 saturated carbocycles. The molecule has 3 fully saturated rings. The number of rotatable bonds is 6. The Morgan fingerprint density at radius 2 is 1.73 bits per heavy atom. The van der Waals surface area contributed by atoms with Crippen molar-refractivity contribution in [1.29, 1.82) is 0 Å². The molecule has 9 heteroatoms. The van der Waals surface area contributed by atoms with Crippen LogP contribution in [0.1, 0.15) is 59.3 Å². The third-order valence-electron chi connectivity index (χ3n) is 8.19. The number of nitrogens with one attached hydrogen (secondary N) is 1. The third kappa shape index (κ3) is 5.50. The highest BCUT2D eigenvalue weighted by atomic mass is 16.2. The number of hydrogen-bond donors (Lipinski definition) is 1. The van der Waals surface area contributed by atoms with Crippen LogP contribution in [0.25, 0.3) is 0 Å². The minimum Gasteiger partial charge on any atom is -0.348 e. The van der Waals surface area contributed by atoms with Gasteiger partial charge in [0.25, 0.3) is 5.91 Å². The van der Waals surface area contributed by atoms with E-state index >= 15 is 0 Å². The summed E-state index contributed by atoms with van der Waals surface area (Å²) < 4.78 is 0. The number of likely N-dealkylation sites (N-methyl/N-ethyl adjacent to an activating group) is 1. The maximum Gasteiger partial charge on any atom is 0.325 e. The van der Waals surface area contributed by atoms with Crippen LogP contribution < -0.4 is 5.32 Å². The van der Waals surface area contributed by atoms with E-state index in [0.29, 0.717) is 44.9 Å². The molecule has 1 N–H and O–H groups in total. The van der Waals surface area contributed by atoms with Crippen molar-refractivity contribution < 1.29 is 19.2 Å². The smallest absolute Gasteiger partial charge is 0.325 e. The van der Waals surface area contributed by atoms with Crippen molar-refractivity contribution in [2.75, 3.05) is 53.4 Å². The van der Waals surface area contributed by atoms with E-state index in [4.69, 9.17) is 0 Å². The number of hydrogen-bond acceptors (Lipinski definition) is 5. The number of carbonyl (C=O) groups is 4. The van der Waals surface area contributed by atoms with E-state index in [2.05, 4.69) is 31.0 Å². The summed E-state index contributed by atoms with van der Waals surface area (Å²) in [4.78, 5) is 57.4. The molecule has 0 aromatic rings. The minimum absolute atomic E-state index is 0.0384. The van der Waals surface area contributed by atoms with E-state index in [9.17, 15) is 19.2 Å². The topological polar surface area (TPSA) is 93.3 Å². The summed E-state index contributed by atoms with van der Waals surface area (Å²) in [7, 11) is 3.47. The molecule has 1 spiro atoms. The van der Waals surface area contributed by atoms with E-state index < -0.39 is 11.6 Å². The lowest BCUT2D eigenvalue weighted by molar-refractivity contribution is -0.140. The van der Waals surface area contributed by atoms with E-state index in [1.807, 2.05) is 0 Å². The molecule has 33 heavy (non-hydrogen) atoms. The molecule has 186 valence electrons. The van der Waals surface area contributed by atoms with Crippen molar-refractivity contribution in [2.24, 2.45) is 11.3 Å². The molecule has 5 amide bonds. The molecule has 1 aliphatic carbocycles. The van der Waals surface area contributed by atoms with E-state index in [1.54, 1.807) is 23.9 Å². The first-order chi connectivity index (χ1) is 15.5. The highest BCUT2D eigenvalue weighted by Gasteiger charge is 2.53. The Balaban J connectivity index is 1.56. The molecule has 2 heterocycles. The molecule has 3 rings (SSSR count). The average Bonchev–Trinajstić information content (AvgIpc) is 2.93. The summed E-state index contributed by atoms with van der Waals surface area (Å²) in [6.45, 7) is 9.25. The van der Waals surface area contributed by atoms with Crippen LogP contribution in [-0.2, 0) is 14.4 Å². The first-order valence-electron chi connectivity index (χ1n) is 12.3. The second kappa shape index (κ2) is 9.99. The maximum absolute atomic E-state index is 13.3. The molecule has 0 atom stereocenters. The van der Waals surface area contributed by atoms with Crippen LogP contribution >= 0.6 is 0 Å². The number of amides is 5. The molecule has 0 bridgehead atoms. The average molecular weight is 464 g/mol. The van der Waals surface area contributed by atoms with Gasteiger partial charge < -0.3 is 15.1 Å². The number of nitrogens with zero attached hydrogens (tertiary/aromatic N) is 4. The molecule has 3 aliphatic rings. The fourth-order valence-electron chi connectivity index (χ4n) is 5.29. The maximum atomic E-state index is 13.3. The highest BCUT2D eigenvalue weighted by molar-refractivity contribution is 6.09. The summed E-state index contributed by atoms with van der Waals surface area (Å²) in [5, 5.41) is 2.94. The molecule has 0 aromatic carbocycles. The predicted molar refractivity (Wildman–Crippen MR) is 125 cm³/mol. The number of urea groups is 1. The van der Waals surface area contributed by atoms with Gasteiger partial charge >= 0.3 is 6.03 Å². The predicted octanol–water partition coefficient (Wildman–Crippen LogP) is 1.53. The molecule has 2 aliphatic heterocycles. The molecule has 2 saturated heterocycles. The lowest BCUT2D eigenvalue weighted by Gasteiger charge is -2.42. The number of carbonyl (C=O) groups excluding carboxylic acids is 4. The summed E-state index contributed by atoms with van der Waals surface area (Å²) in [5.74, 6) is 0.114. The van der Waals surface area contributed by atoms with Gasteiger partial charge in [-0.3, -0.25) is 24.2 Å². The Hall–Kier alpha value is -2.16. The second-order valence-electron chi connectivity index (χ2n) is 10.8. The zero-order valence-corrected chi connectivity index (χ0v) is 21.0. The van der Waals surface area contributed by atoms with Crippen LogP contribution in [0.4, 0.5) is 4.79 Å². The van der Waals surface area contributed by atoms with Gasteiger partial charge in [-0.1, -0.05) is 27.2 Å². The van der Waals surface area contributed by atoms with Gasteiger partial charge in [0.1, 0.15) is 12.1 Å². The van der Waals surface area contributed by atoms with Crippen molar-refractivity contribution in [2.45, 2.75) is 64.8 Å². The van der Waals surface area contributed by atoms with E-state index in [1.165, 1.54) is 0 Å². The quantitative estimate of drug-likeness (QED) is 0.603. The van der Waals surface area contributed by atoms with Gasteiger partial charge in [0.05, 0.1) is 6.54 Å². The Kier molecular flexibility index (Phi) is 7.71. The van der Waals surface area contributed by atoms with Crippen LogP contribution in [0.5, 0.6) is 0 Å². The summed E-state index contributed by atoms with van der Waals surface area (Å²) in [6, 6.07) is -0.449. The Bertz CT molecular complexity index is 773. The van der Waals surface area contributed by atoms with Gasteiger partial charge in [-0.05, 0) is 43.4 Å². The number of imide groups is 1. The van der Waals surface area contributed by atoms with Gasteiger partial charge in [-0.2, -0.15) is 0 Å². The van der Waals surface area contributed by atoms with Gasteiger partial charge in [-0.25, -0.2) is 4.79 Å². The van der Waals surface area contributed by atoms with Crippen molar-refractivity contribution in [1.82, 2.24) is 24.9 Å². The van der Waals surface area contributed by atoms with Gasteiger partial charge in [0, 0.05) is 40.3 Å². The first-order valence-corrected chi connectivity index (χ1v) is 12.3. The SMILES string of the molecule is CCC(C)(C)C1CCC2(CC1)NC(=O)N(CC(=O)N1CCCN(CC(=O)N(C)C)CC1)C2=O. The Morgan fingerprint density at radius 3 is 2.33 bits per heavy atom. The van der Waals surface area contributed by atoms with Gasteiger partial charge in [-0.15, -0.1) is 0 Å². The van der Waals surface area contributed by atoms with Gasteiger partial charge in [0.15, 0.2) is 0 Å². The highest BCUT2D eigenvalue weighted by Crippen LogP contribution is 2.45. The first kappa shape index (κ1) is 25.5. The lowest BCUT2D eigenvalue weighted by Crippen LogP contribution is -2.51. The third-order valence-corrected chi connectivity index (χ3v) is 8.19. The molecule has 9 nitrogen and oxygen atoms in total. The van der Waals surface area contributed by atoms with E-state index in [-0.39, 0.29) is 29.7 Å². The summed E-state index contributed by atoms with van der Waals surface area (Å²) >= 11 is 0. The zero-order chi connectivity index (χ0) is 24.4. The standard InChI is InChI=1S/C24H41N5O4/c1-6-23(2,3)18-8-10-24(11-9-18)21(32)29(22(33)25-24)17-20(31)28-13-7-12-27(14-15-28)16-19(30)26(4)5/h18H,6-17H2,1-5H3,(H,25,33). The largest absolute Gasteiger partial charge is 0.348 e.